The van der Waals surface area contributed by atoms with E-state index >= 15 is 0 Å². The van der Waals surface area contributed by atoms with Gasteiger partial charge in [0.05, 0.1) is 0 Å². The molecular weight excluding hydrogens is 162 g/mol. The summed E-state index contributed by atoms with van der Waals surface area (Å²) in [6.45, 7) is 1.35. The maximum atomic E-state index is 10.1. The first kappa shape index (κ1) is 9.12. The molecule has 0 aromatic rings. The Bertz CT molecular complexity index is 173. The fourth-order valence-corrected chi connectivity index (χ4v) is 1.48. The van der Waals surface area contributed by atoms with Crippen LogP contribution in [0.3, 0.4) is 0 Å². The van der Waals surface area contributed by atoms with Gasteiger partial charge in [0, 0.05) is 11.1 Å². The highest BCUT2D eigenvalue weighted by molar-refractivity contribution is 7.47. The fourth-order valence-electron chi connectivity index (χ4n) is 0.247. The number of rotatable bonds is 2. The molecule has 2 atom stereocenters. The van der Waals surface area contributed by atoms with Gasteiger partial charge in [-0.15, -0.1) is 0 Å². The average molecular weight is 170 g/mol. The Morgan fingerprint density at radius 2 is 1.89 bits per heavy atom. The average Bonchev–Trinajstić information content (AvgIpc) is 1.63. The van der Waals surface area contributed by atoms with Gasteiger partial charge in [0.2, 0.25) is 16.1 Å². The molecule has 0 fully saturated rings. The largest absolute Gasteiger partial charge is 0.343 e. The molecule has 0 saturated heterocycles. The zero-order valence-electron chi connectivity index (χ0n) is 4.79. The summed E-state index contributed by atoms with van der Waals surface area (Å²) in [6, 6.07) is 0. The van der Waals surface area contributed by atoms with Crippen molar-refractivity contribution in [3.05, 3.63) is 11.1 Å². The van der Waals surface area contributed by atoms with Crippen LogP contribution in [0.2, 0.25) is 0 Å². The lowest BCUT2D eigenvalue weighted by molar-refractivity contribution is 0.506. The lowest BCUT2D eigenvalue weighted by Gasteiger charge is -1.89. The van der Waals surface area contributed by atoms with E-state index in [0.29, 0.717) is 0 Å². The summed E-state index contributed by atoms with van der Waals surface area (Å²) in [5, 5.41) is 0.0892. The van der Waals surface area contributed by atoms with Gasteiger partial charge in [-0.1, -0.05) is 0 Å². The predicted octanol–water partition coefficient (Wildman–Crippen LogP) is 0.782. The molecule has 2 unspecified atom stereocenters. The van der Waals surface area contributed by atoms with Crippen LogP contribution in [0.25, 0.3) is 0 Å². The van der Waals surface area contributed by atoms with Crippen molar-refractivity contribution in [3.63, 3.8) is 0 Å². The second-order valence-electron chi connectivity index (χ2n) is 1.47. The minimum atomic E-state index is -2.73. The van der Waals surface area contributed by atoms with Gasteiger partial charge in [0.1, 0.15) is 0 Å². The SMILES string of the molecule is CC(=C[PH](=O)O)[PH](=O)O. The van der Waals surface area contributed by atoms with E-state index in [4.69, 9.17) is 9.79 Å². The Kier molecular flexibility index (Phi) is 4.07. The molecule has 0 spiro atoms. The maximum Gasteiger partial charge on any atom is 0.214 e. The molecule has 0 radical (unpaired) electrons. The van der Waals surface area contributed by atoms with E-state index in [1.807, 2.05) is 0 Å². The quantitative estimate of drug-likeness (QED) is 0.600. The van der Waals surface area contributed by atoms with Crippen LogP contribution in [-0.4, -0.2) is 9.79 Å². The molecule has 54 valence electrons. The lowest BCUT2D eigenvalue weighted by atomic mass is 10.8. The van der Waals surface area contributed by atoms with Crippen LogP contribution >= 0.6 is 16.1 Å². The molecule has 9 heavy (non-hydrogen) atoms. The van der Waals surface area contributed by atoms with Crippen LogP contribution in [0.4, 0.5) is 0 Å². The van der Waals surface area contributed by atoms with E-state index in [0.717, 1.165) is 5.82 Å². The molecule has 0 rings (SSSR count). The van der Waals surface area contributed by atoms with Gasteiger partial charge in [-0.3, -0.25) is 9.13 Å². The van der Waals surface area contributed by atoms with E-state index in [1.165, 1.54) is 6.92 Å². The molecule has 6 heteroatoms. The molecule has 4 nitrogen and oxygen atoms in total. The van der Waals surface area contributed by atoms with E-state index in [9.17, 15) is 9.13 Å². The summed E-state index contributed by atoms with van der Waals surface area (Å²) >= 11 is 0. The topological polar surface area (TPSA) is 74.6 Å². The third kappa shape index (κ3) is 4.61. The van der Waals surface area contributed by atoms with Crippen LogP contribution in [0, 0.1) is 0 Å². The third-order valence-corrected chi connectivity index (χ3v) is 2.46. The Balaban J connectivity index is 4.17. The molecule has 2 N–H and O–H groups in total. The second-order valence-corrected chi connectivity index (χ2v) is 3.83. The highest BCUT2D eigenvalue weighted by Gasteiger charge is 1.95. The van der Waals surface area contributed by atoms with Gasteiger partial charge in [-0.25, -0.2) is 0 Å². The van der Waals surface area contributed by atoms with Gasteiger partial charge in [-0.05, 0) is 6.92 Å². The highest BCUT2D eigenvalue weighted by atomic mass is 31.1. The number of hydrogen-bond donors (Lipinski definition) is 2. The summed E-state index contributed by atoms with van der Waals surface area (Å²) in [5.74, 6) is 0.909. The van der Waals surface area contributed by atoms with Crippen molar-refractivity contribution in [2.75, 3.05) is 0 Å². The Labute approximate surface area is 54.0 Å². The normalized spacial score (nSPS) is 19.2. The summed E-state index contributed by atoms with van der Waals surface area (Å²) in [7, 11) is -5.46. The third-order valence-electron chi connectivity index (χ3n) is 0.677. The van der Waals surface area contributed by atoms with Crippen molar-refractivity contribution < 1.29 is 18.9 Å². The van der Waals surface area contributed by atoms with Crippen molar-refractivity contribution in [2.45, 2.75) is 6.92 Å². The van der Waals surface area contributed by atoms with Crippen LogP contribution in [0.1, 0.15) is 6.92 Å². The van der Waals surface area contributed by atoms with E-state index in [-0.39, 0.29) is 5.31 Å². The standard InChI is InChI=1S/C3H8O4P2/c1-3(9(6)7)2-8(4)5/h2,8-9H,1H3,(H,4,5)(H,6,7). The van der Waals surface area contributed by atoms with E-state index in [1.54, 1.807) is 0 Å². The smallest absolute Gasteiger partial charge is 0.214 e. The molecule has 0 amide bonds. The van der Waals surface area contributed by atoms with Crippen molar-refractivity contribution in [1.29, 1.82) is 0 Å². The minimum Gasteiger partial charge on any atom is -0.343 e. The molecule has 0 heterocycles. The van der Waals surface area contributed by atoms with Crippen LogP contribution in [-0.2, 0) is 9.13 Å². The number of hydrogen-bond acceptors (Lipinski definition) is 2. The minimum absolute atomic E-state index is 0.0892. The van der Waals surface area contributed by atoms with E-state index in [2.05, 4.69) is 0 Å². The molecule has 0 bridgehead atoms. The maximum absolute atomic E-state index is 10.1. The molecule has 0 aromatic carbocycles. The van der Waals surface area contributed by atoms with Crippen LogP contribution in [0.15, 0.2) is 11.1 Å². The van der Waals surface area contributed by atoms with Crippen LogP contribution < -0.4 is 0 Å². The van der Waals surface area contributed by atoms with Gasteiger partial charge in [-0.2, -0.15) is 0 Å². The van der Waals surface area contributed by atoms with Crippen molar-refractivity contribution in [3.8, 4) is 0 Å². The molecule has 0 saturated carbocycles. The predicted molar refractivity (Wildman–Crippen MR) is 36.2 cm³/mol. The molecular formula is C3H8O4P2. The summed E-state index contributed by atoms with van der Waals surface area (Å²) in [6.07, 6.45) is 0. The zero-order chi connectivity index (χ0) is 7.44. The second kappa shape index (κ2) is 4.02. The summed E-state index contributed by atoms with van der Waals surface area (Å²) in [4.78, 5) is 16.5. The highest BCUT2D eigenvalue weighted by Crippen LogP contribution is 2.31. The summed E-state index contributed by atoms with van der Waals surface area (Å²) in [5.41, 5.74) is 0. The van der Waals surface area contributed by atoms with Gasteiger partial charge in [0.25, 0.3) is 0 Å². The molecule has 0 aromatic heterocycles. The Morgan fingerprint density at radius 1 is 1.44 bits per heavy atom. The molecule has 0 aliphatic rings. The van der Waals surface area contributed by atoms with Gasteiger partial charge < -0.3 is 9.79 Å². The fraction of sp³-hybridized carbons (Fsp3) is 0.333. The first-order chi connectivity index (χ1) is 4.04. The van der Waals surface area contributed by atoms with Crippen LogP contribution in [0.5, 0.6) is 0 Å². The number of allylic oxidation sites excluding steroid dienone is 1. The monoisotopic (exact) mass is 170 g/mol. The first-order valence-corrected chi connectivity index (χ1v) is 4.97. The van der Waals surface area contributed by atoms with Crippen molar-refractivity contribution in [2.24, 2.45) is 0 Å². The Hall–Kier alpha value is 0.120. The van der Waals surface area contributed by atoms with Gasteiger partial charge >= 0.3 is 0 Å². The van der Waals surface area contributed by atoms with Gasteiger partial charge in [0.15, 0.2) is 0 Å². The lowest BCUT2D eigenvalue weighted by Crippen LogP contribution is -1.61. The van der Waals surface area contributed by atoms with Crippen molar-refractivity contribution in [1.82, 2.24) is 0 Å². The first-order valence-electron chi connectivity index (χ1n) is 2.18. The Morgan fingerprint density at radius 3 is 2.00 bits per heavy atom. The molecule has 0 aliphatic carbocycles. The zero-order valence-corrected chi connectivity index (χ0v) is 6.79. The van der Waals surface area contributed by atoms with Crippen molar-refractivity contribution >= 4 is 16.1 Å². The molecule has 0 aliphatic heterocycles. The van der Waals surface area contributed by atoms with E-state index < -0.39 is 16.1 Å². The summed E-state index contributed by atoms with van der Waals surface area (Å²) < 4.78 is 20.1.